The van der Waals surface area contributed by atoms with E-state index in [9.17, 15) is 9.59 Å². The van der Waals surface area contributed by atoms with Gasteiger partial charge in [-0.25, -0.2) is 9.59 Å². The molecule has 2 heterocycles. The van der Waals surface area contributed by atoms with Gasteiger partial charge in [-0.05, 0) is 125 Å². The van der Waals surface area contributed by atoms with E-state index in [-0.39, 0.29) is 11.9 Å². The summed E-state index contributed by atoms with van der Waals surface area (Å²) in [5, 5.41) is 4.04. The van der Waals surface area contributed by atoms with Gasteiger partial charge in [0.05, 0.1) is 30.9 Å². The van der Waals surface area contributed by atoms with Gasteiger partial charge in [-0.15, -0.1) is 0 Å². The highest BCUT2D eigenvalue weighted by Crippen LogP contribution is 2.26. The van der Waals surface area contributed by atoms with Crippen LogP contribution in [0.25, 0.3) is 27.5 Å². The van der Waals surface area contributed by atoms with E-state index in [4.69, 9.17) is 44.3 Å². The molecule has 1 N–H and O–H groups in total. The molecule has 0 amide bonds. The summed E-state index contributed by atoms with van der Waals surface area (Å²) in [4.78, 5) is 27.1. The predicted molar refractivity (Wildman–Crippen MR) is 198 cm³/mol. The van der Waals surface area contributed by atoms with Gasteiger partial charge in [0.15, 0.2) is 0 Å². The Morgan fingerprint density at radius 3 is 1.76 bits per heavy atom. The molecule has 0 radical (unpaired) electrons. The first-order valence-electron chi connectivity index (χ1n) is 15.4. The second kappa shape index (κ2) is 15.0. The van der Waals surface area contributed by atoms with Crippen molar-refractivity contribution in [3.63, 3.8) is 0 Å². The van der Waals surface area contributed by atoms with Crippen LogP contribution in [0.4, 0.5) is 0 Å². The van der Waals surface area contributed by atoms with E-state index < -0.39 is 0 Å². The Kier molecular flexibility index (Phi) is 10.4. The van der Waals surface area contributed by atoms with Crippen molar-refractivity contribution < 1.29 is 19.1 Å². The summed E-state index contributed by atoms with van der Waals surface area (Å²) in [5.41, 5.74) is 8.29. The minimum atomic E-state index is -0.382. The highest BCUT2D eigenvalue weighted by molar-refractivity contribution is 6.31. The van der Waals surface area contributed by atoms with Crippen LogP contribution in [0, 0.1) is 0 Å². The summed E-state index contributed by atoms with van der Waals surface area (Å²) in [6.07, 6.45) is 5.23. The number of hydrogen-bond donors (Lipinski definition) is 1. The number of H-pyrrole nitrogens is 1. The largest absolute Gasteiger partial charge is 0.465 e. The van der Waals surface area contributed by atoms with Gasteiger partial charge in [-0.3, -0.25) is 0 Å². The van der Waals surface area contributed by atoms with Crippen molar-refractivity contribution in [3.05, 3.63) is 170 Å². The van der Waals surface area contributed by atoms with Crippen LogP contribution in [0.3, 0.4) is 0 Å². The Morgan fingerprint density at radius 1 is 0.612 bits per heavy atom. The summed E-state index contributed by atoms with van der Waals surface area (Å²) < 4.78 is 11.8. The first-order valence-corrected chi connectivity index (χ1v) is 16.5. The number of nitrogens with zero attached hydrogens (tertiary/aromatic N) is 1. The van der Waals surface area contributed by atoms with Gasteiger partial charge in [0.1, 0.15) is 0 Å². The zero-order valence-electron chi connectivity index (χ0n) is 26.7. The van der Waals surface area contributed by atoms with Gasteiger partial charge in [-0.1, -0.05) is 59.1 Å². The van der Waals surface area contributed by atoms with Crippen LogP contribution in [-0.4, -0.2) is 35.7 Å². The second-order valence-electron chi connectivity index (χ2n) is 11.4. The number of aromatic nitrogens is 2. The fourth-order valence-electron chi connectivity index (χ4n) is 5.79. The molecule has 246 valence electrons. The Balaban J connectivity index is 0.000000177. The van der Waals surface area contributed by atoms with Crippen molar-refractivity contribution in [1.82, 2.24) is 9.55 Å². The number of nitrogens with one attached hydrogen (secondary N) is 1. The summed E-state index contributed by atoms with van der Waals surface area (Å²) in [6, 6.07) is 35.0. The van der Waals surface area contributed by atoms with Crippen LogP contribution in [0.2, 0.25) is 15.1 Å². The highest BCUT2D eigenvalue weighted by atomic mass is 35.5. The molecule has 0 aliphatic rings. The summed E-state index contributed by atoms with van der Waals surface area (Å²) in [7, 11) is 2.75. The maximum absolute atomic E-state index is 12.1. The quantitative estimate of drug-likeness (QED) is 0.167. The molecular formula is C40H31Cl3N2O4. The van der Waals surface area contributed by atoms with Crippen LogP contribution >= 0.6 is 34.8 Å². The smallest absolute Gasteiger partial charge is 0.338 e. The van der Waals surface area contributed by atoms with E-state index in [1.807, 2.05) is 60.9 Å². The lowest BCUT2D eigenvalue weighted by molar-refractivity contribution is 0.0590. The van der Waals surface area contributed by atoms with Crippen molar-refractivity contribution in [2.24, 2.45) is 0 Å². The van der Waals surface area contributed by atoms with Crippen molar-refractivity contribution in [3.8, 4) is 5.69 Å². The molecule has 0 fully saturated rings. The average molecular weight is 710 g/mol. The van der Waals surface area contributed by atoms with E-state index in [2.05, 4.69) is 45.9 Å². The van der Waals surface area contributed by atoms with Crippen LogP contribution < -0.4 is 0 Å². The lowest BCUT2D eigenvalue weighted by Crippen LogP contribution is -2.06. The summed E-state index contributed by atoms with van der Waals surface area (Å²) in [6.45, 7) is 0. The number of esters is 2. The standard InChI is InChI=1S/C23H17Cl2NO2.C17H14ClNO2/c1-28-23(27)21-14-19(25)4-3-16(21)12-15-2-9-22-17(13-15)10-11-26(22)20-7-5-18(24)6-8-20;1-21-17(20)15-10-14(18)4-3-12(15)8-11-2-5-16-13(9-11)6-7-19-16/h2-11,13-14H,12H2,1H3;2-7,9-10,19H,8H2,1H3. The molecule has 0 unspecified atom stereocenters. The highest BCUT2D eigenvalue weighted by Gasteiger charge is 2.15. The molecule has 49 heavy (non-hydrogen) atoms. The molecule has 7 aromatic rings. The maximum Gasteiger partial charge on any atom is 0.338 e. The molecule has 9 heteroatoms. The third-order valence-electron chi connectivity index (χ3n) is 8.22. The number of ether oxygens (including phenoxy) is 2. The third kappa shape index (κ3) is 7.84. The van der Waals surface area contributed by atoms with Crippen molar-refractivity contribution in [2.45, 2.75) is 12.8 Å². The Bertz CT molecular complexity index is 2290. The fourth-order valence-corrected chi connectivity index (χ4v) is 6.26. The maximum atomic E-state index is 12.1. The molecule has 0 saturated heterocycles. The number of carbonyl (C=O) groups is 2. The molecule has 5 aromatic carbocycles. The van der Waals surface area contributed by atoms with Gasteiger partial charge >= 0.3 is 11.9 Å². The fraction of sp³-hybridized carbons (Fsp3) is 0.100. The van der Waals surface area contributed by atoms with E-state index in [1.165, 1.54) is 14.2 Å². The number of hydrogen-bond acceptors (Lipinski definition) is 4. The van der Waals surface area contributed by atoms with Crippen molar-refractivity contribution >= 4 is 68.5 Å². The van der Waals surface area contributed by atoms with Gasteiger partial charge in [-0.2, -0.15) is 0 Å². The first kappa shape index (κ1) is 33.9. The molecule has 0 bridgehead atoms. The predicted octanol–water partition coefficient (Wildman–Crippen LogP) is 10.5. The number of fused-ring (bicyclic) bond motifs is 2. The Hall–Kier alpha value is -5.01. The van der Waals surface area contributed by atoms with Crippen molar-refractivity contribution in [1.29, 1.82) is 0 Å². The second-order valence-corrected chi connectivity index (χ2v) is 12.7. The number of aromatic amines is 1. The molecule has 6 nitrogen and oxygen atoms in total. The first-order chi connectivity index (χ1) is 23.7. The van der Waals surface area contributed by atoms with Crippen molar-refractivity contribution in [2.75, 3.05) is 14.2 Å². The van der Waals surface area contributed by atoms with E-state index in [1.54, 1.807) is 24.3 Å². The zero-order valence-corrected chi connectivity index (χ0v) is 28.9. The number of methoxy groups -OCH3 is 2. The van der Waals surface area contributed by atoms with Gasteiger partial charge in [0.2, 0.25) is 0 Å². The summed E-state index contributed by atoms with van der Waals surface area (Å²) >= 11 is 18.0. The lowest BCUT2D eigenvalue weighted by Gasteiger charge is -2.10. The van der Waals surface area contributed by atoms with Gasteiger partial charge in [0, 0.05) is 44.1 Å². The monoisotopic (exact) mass is 708 g/mol. The summed E-state index contributed by atoms with van der Waals surface area (Å²) in [5.74, 6) is -0.748. The average Bonchev–Trinajstić information content (AvgIpc) is 3.76. The molecule has 7 rings (SSSR count). The van der Waals surface area contributed by atoms with Crippen LogP contribution in [0.1, 0.15) is 43.0 Å². The Morgan fingerprint density at radius 2 is 1.16 bits per heavy atom. The minimum Gasteiger partial charge on any atom is -0.465 e. The molecule has 0 spiro atoms. The van der Waals surface area contributed by atoms with Gasteiger partial charge < -0.3 is 19.0 Å². The molecule has 2 aromatic heterocycles. The Labute approximate surface area is 298 Å². The molecule has 0 aliphatic carbocycles. The number of rotatable bonds is 7. The third-order valence-corrected chi connectivity index (χ3v) is 8.94. The van der Waals surface area contributed by atoms with E-state index >= 15 is 0 Å². The van der Waals surface area contributed by atoms with Gasteiger partial charge in [0.25, 0.3) is 0 Å². The molecular weight excluding hydrogens is 679 g/mol. The van der Waals surface area contributed by atoms with Crippen LogP contribution in [-0.2, 0) is 22.3 Å². The zero-order chi connectivity index (χ0) is 34.5. The normalized spacial score (nSPS) is 10.9. The molecule has 0 aliphatic heterocycles. The topological polar surface area (TPSA) is 73.3 Å². The number of halogens is 3. The SMILES string of the molecule is COC(=O)c1cc(Cl)ccc1Cc1ccc2[nH]ccc2c1.COC(=O)c1cc(Cl)ccc1Cc1ccc2c(ccn2-c2ccc(Cl)cc2)c1. The van der Waals surface area contributed by atoms with Crippen LogP contribution in [0.15, 0.2) is 122 Å². The molecule has 0 saturated carbocycles. The van der Waals surface area contributed by atoms with E-state index in [0.717, 1.165) is 49.7 Å². The van der Waals surface area contributed by atoms with E-state index in [0.29, 0.717) is 39.0 Å². The molecule has 0 atom stereocenters. The number of benzene rings is 5. The lowest BCUT2D eigenvalue weighted by atomic mass is 9.99. The number of carbonyl (C=O) groups excluding carboxylic acids is 2. The minimum absolute atomic E-state index is 0.366. The van der Waals surface area contributed by atoms with Crippen LogP contribution in [0.5, 0.6) is 0 Å².